The number of ether oxygens (including phenoxy) is 2. The average molecular weight is 264 g/mol. The van der Waals surface area contributed by atoms with Gasteiger partial charge in [0, 0.05) is 12.3 Å². The van der Waals surface area contributed by atoms with Crippen molar-refractivity contribution >= 4 is 11.8 Å². The van der Waals surface area contributed by atoms with Crippen LogP contribution in [0.2, 0.25) is 0 Å². The van der Waals surface area contributed by atoms with Crippen LogP contribution in [0.15, 0.2) is 24.3 Å². The summed E-state index contributed by atoms with van der Waals surface area (Å²) in [7, 11) is 1.60. The number of methoxy groups -OCH3 is 1. The fraction of sp³-hybridized carbons (Fsp3) is 0.467. The second kappa shape index (κ2) is 7.56. The molecule has 0 saturated carbocycles. The molecular formula is C15H20O4. The van der Waals surface area contributed by atoms with Crippen LogP contribution in [-0.2, 0) is 14.3 Å². The highest BCUT2D eigenvalue weighted by Gasteiger charge is 2.18. The SMILES string of the molecule is CCOC(=O)CC(CC(C)=O)c1ccc(OC)cc1. The fourth-order valence-corrected chi connectivity index (χ4v) is 1.95. The van der Waals surface area contributed by atoms with E-state index < -0.39 is 0 Å². The minimum atomic E-state index is -0.274. The number of ketones is 1. The Morgan fingerprint density at radius 2 is 1.79 bits per heavy atom. The molecule has 0 aromatic heterocycles. The predicted octanol–water partition coefficient (Wildman–Crippen LogP) is 2.71. The van der Waals surface area contributed by atoms with Crippen molar-refractivity contribution in [1.29, 1.82) is 0 Å². The fourth-order valence-electron chi connectivity index (χ4n) is 1.95. The van der Waals surface area contributed by atoms with Crippen LogP contribution in [-0.4, -0.2) is 25.5 Å². The lowest BCUT2D eigenvalue weighted by Gasteiger charge is -2.15. The molecule has 0 aliphatic carbocycles. The van der Waals surface area contributed by atoms with E-state index in [9.17, 15) is 9.59 Å². The average Bonchev–Trinajstić information content (AvgIpc) is 2.38. The van der Waals surface area contributed by atoms with Gasteiger partial charge in [-0.05, 0) is 31.5 Å². The third-order valence-corrected chi connectivity index (χ3v) is 2.84. The van der Waals surface area contributed by atoms with Gasteiger partial charge in [0.1, 0.15) is 11.5 Å². The molecule has 0 aliphatic heterocycles. The topological polar surface area (TPSA) is 52.6 Å². The summed E-state index contributed by atoms with van der Waals surface area (Å²) < 4.78 is 10.0. The molecule has 4 heteroatoms. The van der Waals surface area contributed by atoms with E-state index in [-0.39, 0.29) is 24.1 Å². The lowest BCUT2D eigenvalue weighted by atomic mass is 9.91. The molecule has 0 spiro atoms. The van der Waals surface area contributed by atoms with E-state index in [1.54, 1.807) is 14.0 Å². The first-order chi connectivity index (χ1) is 9.06. The third-order valence-electron chi connectivity index (χ3n) is 2.84. The van der Waals surface area contributed by atoms with Crippen LogP contribution >= 0.6 is 0 Å². The Hall–Kier alpha value is -1.84. The number of Topliss-reactive ketones (excluding diaryl/α,β-unsaturated/α-hetero) is 1. The maximum atomic E-state index is 11.6. The van der Waals surface area contributed by atoms with Crippen LogP contribution in [0, 0.1) is 0 Å². The second-order valence-electron chi connectivity index (χ2n) is 4.39. The predicted molar refractivity (Wildman–Crippen MR) is 72.3 cm³/mol. The third kappa shape index (κ3) is 5.12. The molecule has 0 saturated heterocycles. The van der Waals surface area contributed by atoms with E-state index in [1.807, 2.05) is 24.3 Å². The van der Waals surface area contributed by atoms with E-state index in [0.29, 0.717) is 13.0 Å². The lowest BCUT2D eigenvalue weighted by Crippen LogP contribution is -2.13. The van der Waals surface area contributed by atoms with Crippen LogP contribution in [0.1, 0.15) is 38.2 Å². The molecule has 0 radical (unpaired) electrons. The molecule has 19 heavy (non-hydrogen) atoms. The van der Waals surface area contributed by atoms with E-state index in [4.69, 9.17) is 9.47 Å². The first-order valence-electron chi connectivity index (χ1n) is 6.35. The van der Waals surface area contributed by atoms with Gasteiger partial charge in [0.15, 0.2) is 0 Å². The molecule has 0 N–H and O–H groups in total. The Labute approximate surface area is 113 Å². The van der Waals surface area contributed by atoms with Gasteiger partial charge in [0.2, 0.25) is 0 Å². The molecule has 104 valence electrons. The van der Waals surface area contributed by atoms with E-state index in [2.05, 4.69) is 0 Å². The molecule has 1 aromatic rings. The first-order valence-corrected chi connectivity index (χ1v) is 6.35. The molecule has 4 nitrogen and oxygen atoms in total. The molecular weight excluding hydrogens is 244 g/mol. The molecule has 0 amide bonds. The summed E-state index contributed by atoms with van der Waals surface area (Å²) in [6, 6.07) is 7.42. The largest absolute Gasteiger partial charge is 0.497 e. The number of esters is 1. The number of benzene rings is 1. The van der Waals surface area contributed by atoms with Gasteiger partial charge in [0.25, 0.3) is 0 Å². The van der Waals surface area contributed by atoms with Gasteiger partial charge in [-0.3, -0.25) is 4.79 Å². The van der Waals surface area contributed by atoms with E-state index in [0.717, 1.165) is 11.3 Å². The minimum Gasteiger partial charge on any atom is -0.497 e. The molecule has 1 atom stereocenters. The standard InChI is InChI=1S/C15H20O4/c1-4-19-15(17)10-13(9-11(2)16)12-5-7-14(18-3)8-6-12/h5-8,13H,4,9-10H2,1-3H3. The van der Waals surface area contributed by atoms with Crippen LogP contribution in [0.3, 0.4) is 0 Å². The van der Waals surface area contributed by atoms with Crippen LogP contribution in [0.4, 0.5) is 0 Å². The van der Waals surface area contributed by atoms with E-state index in [1.165, 1.54) is 6.92 Å². The monoisotopic (exact) mass is 264 g/mol. The van der Waals surface area contributed by atoms with Crippen molar-refractivity contribution in [1.82, 2.24) is 0 Å². The number of hydrogen-bond donors (Lipinski definition) is 0. The molecule has 1 rings (SSSR count). The van der Waals surface area contributed by atoms with Gasteiger partial charge in [-0.25, -0.2) is 0 Å². The maximum Gasteiger partial charge on any atom is 0.306 e. The quantitative estimate of drug-likeness (QED) is 0.710. The first kappa shape index (κ1) is 15.2. The maximum absolute atomic E-state index is 11.6. The summed E-state index contributed by atoms with van der Waals surface area (Å²) in [6.45, 7) is 3.65. The Bertz CT molecular complexity index is 422. The van der Waals surface area contributed by atoms with Crippen molar-refractivity contribution in [2.24, 2.45) is 0 Å². The zero-order valence-corrected chi connectivity index (χ0v) is 11.6. The van der Waals surface area contributed by atoms with Gasteiger partial charge in [-0.1, -0.05) is 12.1 Å². The van der Waals surface area contributed by atoms with Gasteiger partial charge in [0.05, 0.1) is 20.1 Å². The number of carbonyl (C=O) groups is 2. The summed E-state index contributed by atoms with van der Waals surface area (Å²) in [5.74, 6) is 0.401. The van der Waals surface area contributed by atoms with E-state index >= 15 is 0 Å². The zero-order chi connectivity index (χ0) is 14.3. The van der Waals surface area contributed by atoms with Crippen LogP contribution < -0.4 is 4.74 Å². The number of rotatable bonds is 7. The van der Waals surface area contributed by atoms with Gasteiger partial charge in [-0.15, -0.1) is 0 Å². The van der Waals surface area contributed by atoms with Crippen LogP contribution in [0.25, 0.3) is 0 Å². The van der Waals surface area contributed by atoms with Crippen molar-refractivity contribution < 1.29 is 19.1 Å². The highest BCUT2D eigenvalue weighted by molar-refractivity contribution is 5.78. The second-order valence-corrected chi connectivity index (χ2v) is 4.39. The van der Waals surface area contributed by atoms with Crippen molar-refractivity contribution in [2.45, 2.75) is 32.6 Å². The summed E-state index contributed by atoms with van der Waals surface area (Å²) in [5, 5.41) is 0. The molecule has 1 aromatic carbocycles. The van der Waals surface area contributed by atoms with Gasteiger partial charge in [-0.2, -0.15) is 0 Å². The summed E-state index contributed by atoms with van der Waals surface area (Å²) >= 11 is 0. The normalized spacial score (nSPS) is 11.7. The Morgan fingerprint density at radius 1 is 1.16 bits per heavy atom. The summed E-state index contributed by atoms with van der Waals surface area (Å²) in [5.41, 5.74) is 0.948. The smallest absolute Gasteiger partial charge is 0.306 e. The zero-order valence-electron chi connectivity index (χ0n) is 11.6. The summed E-state index contributed by atoms with van der Waals surface area (Å²) in [6.07, 6.45) is 0.560. The van der Waals surface area contributed by atoms with Crippen molar-refractivity contribution in [3.05, 3.63) is 29.8 Å². The number of hydrogen-bond acceptors (Lipinski definition) is 4. The van der Waals surface area contributed by atoms with Gasteiger partial charge >= 0.3 is 5.97 Å². The highest BCUT2D eigenvalue weighted by Crippen LogP contribution is 2.26. The molecule has 1 unspecified atom stereocenters. The van der Waals surface area contributed by atoms with Crippen molar-refractivity contribution in [2.75, 3.05) is 13.7 Å². The lowest BCUT2D eigenvalue weighted by molar-refractivity contribution is -0.143. The molecule has 0 bridgehead atoms. The van der Waals surface area contributed by atoms with Gasteiger partial charge < -0.3 is 14.3 Å². The Kier molecular flexibility index (Phi) is 6.06. The Balaban J connectivity index is 2.82. The molecule has 0 aliphatic rings. The van der Waals surface area contributed by atoms with Crippen LogP contribution in [0.5, 0.6) is 5.75 Å². The summed E-state index contributed by atoms with van der Waals surface area (Å²) in [4.78, 5) is 22.9. The minimum absolute atomic E-state index is 0.0603. The van der Waals surface area contributed by atoms with Crippen molar-refractivity contribution in [3.8, 4) is 5.75 Å². The number of carbonyl (C=O) groups excluding carboxylic acids is 2. The van der Waals surface area contributed by atoms with Crippen molar-refractivity contribution in [3.63, 3.8) is 0 Å². The molecule has 0 heterocycles. The molecule has 0 fully saturated rings. The highest BCUT2D eigenvalue weighted by atomic mass is 16.5. The Morgan fingerprint density at radius 3 is 2.26 bits per heavy atom.